The Morgan fingerprint density at radius 3 is 2.66 bits per heavy atom. The van der Waals surface area contributed by atoms with E-state index >= 15 is 0 Å². The van der Waals surface area contributed by atoms with Gasteiger partial charge in [0, 0.05) is 12.0 Å². The molecule has 0 aromatic heterocycles. The van der Waals surface area contributed by atoms with Crippen LogP contribution in [0.15, 0.2) is 34.9 Å². The van der Waals surface area contributed by atoms with Crippen molar-refractivity contribution in [1.82, 2.24) is 0 Å². The lowest BCUT2D eigenvalue weighted by Gasteiger charge is -2.58. The molecule has 1 saturated carbocycles. The molecule has 0 saturated heterocycles. The normalized spacial score (nSPS) is 34.3. The lowest BCUT2D eigenvalue weighted by Crippen LogP contribution is -2.52. The van der Waals surface area contributed by atoms with Crippen molar-refractivity contribution in [1.29, 1.82) is 0 Å². The highest BCUT2D eigenvalue weighted by atomic mass is 16.5. The Kier molecular flexibility index (Phi) is 7.32. The van der Waals surface area contributed by atoms with Crippen molar-refractivity contribution in [3.8, 4) is 0 Å². The average molecular weight is 403 g/mol. The van der Waals surface area contributed by atoms with E-state index in [9.17, 15) is 14.7 Å². The highest BCUT2D eigenvalue weighted by molar-refractivity contribution is 5.92. The third-order valence-corrected chi connectivity index (χ3v) is 8.00. The first kappa shape index (κ1) is 23.6. The number of hydrogen-bond acceptors (Lipinski definition) is 4. The summed E-state index contributed by atoms with van der Waals surface area (Å²) in [7, 11) is 0. The first-order valence-corrected chi connectivity index (χ1v) is 10.8. The fraction of sp³-hybridized carbons (Fsp3) is 0.680. The van der Waals surface area contributed by atoms with Crippen LogP contribution in [-0.2, 0) is 14.3 Å². The molecule has 162 valence electrons. The number of allylic oxidation sites excluding steroid dienone is 3. The van der Waals surface area contributed by atoms with Gasteiger partial charge >= 0.3 is 5.97 Å². The molecular formula is C25H38O4. The molecule has 4 heteroatoms. The molecule has 0 aromatic carbocycles. The van der Waals surface area contributed by atoms with Crippen molar-refractivity contribution in [2.45, 2.75) is 80.3 Å². The van der Waals surface area contributed by atoms with Crippen molar-refractivity contribution < 1.29 is 19.4 Å². The number of carbonyl (C=O) groups excluding carboxylic acids is 2. The second-order valence-electron chi connectivity index (χ2n) is 9.65. The smallest absolute Gasteiger partial charge is 0.333 e. The minimum Gasteiger partial charge on any atom is -0.458 e. The Morgan fingerprint density at radius 1 is 1.38 bits per heavy atom. The molecule has 0 bridgehead atoms. The van der Waals surface area contributed by atoms with Crippen molar-refractivity contribution in [2.75, 3.05) is 6.61 Å². The van der Waals surface area contributed by atoms with Gasteiger partial charge in [0.1, 0.15) is 6.61 Å². The van der Waals surface area contributed by atoms with Crippen molar-refractivity contribution in [3.63, 3.8) is 0 Å². The van der Waals surface area contributed by atoms with E-state index in [2.05, 4.69) is 27.7 Å². The second kappa shape index (κ2) is 8.99. The van der Waals surface area contributed by atoms with Crippen LogP contribution in [0.5, 0.6) is 0 Å². The summed E-state index contributed by atoms with van der Waals surface area (Å²) in [6, 6.07) is 0. The lowest BCUT2D eigenvalue weighted by molar-refractivity contribution is -0.137. The molecule has 29 heavy (non-hydrogen) atoms. The molecule has 2 aliphatic carbocycles. The summed E-state index contributed by atoms with van der Waals surface area (Å²) in [5, 5.41) is 11.0. The third-order valence-electron chi connectivity index (χ3n) is 8.00. The molecule has 0 heterocycles. The summed E-state index contributed by atoms with van der Waals surface area (Å²) in [6.07, 6.45) is 8.08. The third kappa shape index (κ3) is 4.74. The Hall–Kier alpha value is -1.68. The van der Waals surface area contributed by atoms with Crippen LogP contribution in [0.4, 0.5) is 0 Å². The van der Waals surface area contributed by atoms with Crippen LogP contribution in [0.3, 0.4) is 0 Å². The standard InChI is InChI=1S/C25H38O4/c1-8-16(2)23(28)29-12-10-17(3)21(27)15-25(7)18(4)9-11-24(6)19(5)13-20(26)14-22(24)25/h8,10,13,18,21-22,27H,9,11-12,14-15H2,1-7H3/b16-8-,17-10+/t18-,21-,22+,24-,25+/m1/s1. The minimum absolute atomic E-state index is 0.0199. The van der Waals surface area contributed by atoms with Crippen molar-refractivity contribution >= 4 is 11.8 Å². The number of ether oxygens (including phenoxy) is 1. The Balaban J connectivity index is 2.15. The fourth-order valence-corrected chi connectivity index (χ4v) is 5.23. The molecule has 0 spiro atoms. The summed E-state index contributed by atoms with van der Waals surface area (Å²) >= 11 is 0. The molecule has 0 radical (unpaired) electrons. The molecular weight excluding hydrogens is 364 g/mol. The van der Waals surface area contributed by atoms with Crippen LogP contribution < -0.4 is 0 Å². The maximum atomic E-state index is 12.4. The predicted molar refractivity (Wildman–Crippen MR) is 116 cm³/mol. The van der Waals surface area contributed by atoms with Crippen LogP contribution in [0.2, 0.25) is 0 Å². The van der Waals surface area contributed by atoms with Crippen LogP contribution in [0.1, 0.15) is 74.1 Å². The van der Waals surface area contributed by atoms with Gasteiger partial charge < -0.3 is 9.84 Å². The molecule has 0 aliphatic heterocycles. The summed E-state index contributed by atoms with van der Waals surface area (Å²) in [6.45, 7) is 14.4. The molecule has 0 amide bonds. The number of ketones is 1. The fourth-order valence-electron chi connectivity index (χ4n) is 5.23. The number of hydrogen-bond donors (Lipinski definition) is 1. The first-order valence-electron chi connectivity index (χ1n) is 10.8. The van der Waals surface area contributed by atoms with Gasteiger partial charge in [-0.15, -0.1) is 0 Å². The van der Waals surface area contributed by atoms with Gasteiger partial charge in [0.05, 0.1) is 6.10 Å². The topological polar surface area (TPSA) is 63.6 Å². The van der Waals surface area contributed by atoms with E-state index in [1.54, 1.807) is 26.0 Å². The van der Waals surface area contributed by atoms with Gasteiger partial charge in [-0.2, -0.15) is 0 Å². The molecule has 2 rings (SSSR count). The van der Waals surface area contributed by atoms with E-state index in [0.29, 0.717) is 24.3 Å². The quantitative estimate of drug-likeness (QED) is 0.378. The molecule has 5 atom stereocenters. The second-order valence-corrected chi connectivity index (χ2v) is 9.65. The van der Waals surface area contributed by atoms with Crippen LogP contribution in [0.25, 0.3) is 0 Å². The number of fused-ring (bicyclic) bond motifs is 1. The van der Waals surface area contributed by atoms with Crippen LogP contribution >= 0.6 is 0 Å². The van der Waals surface area contributed by atoms with E-state index < -0.39 is 6.10 Å². The summed E-state index contributed by atoms with van der Waals surface area (Å²) in [5.41, 5.74) is 2.46. The monoisotopic (exact) mass is 402 g/mol. The number of esters is 1. The maximum Gasteiger partial charge on any atom is 0.333 e. The largest absolute Gasteiger partial charge is 0.458 e. The predicted octanol–water partition coefficient (Wildman–Crippen LogP) is 5.17. The van der Waals surface area contributed by atoms with Gasteiger partial charge in [-0.3, -0.25) is 4.79 Å². The zero-order valence-electron chi connectivity index (χ0n) is 19.2. The van der Waals surface area contributed by atoms with Crippen molar-refractivity contribution in [3.05, 3.63) is 34.9 Å². The number of aliphatic hydroxyl groups is 1. The van der Waals surface area contributed by atoms with Crippen LogP contribution in [0, 0.1) is 22.7 Å². The summed E-state index contributed by atoms with van der Waals surface area (Å²) in [5.74, 6) is 0.529. The van der Waals surface area contributed by atoms with E-state index in [1.807, 2.05) is 13.0 Å². The number of aliphatic hydroxyl groups excluding tert-OH is 1. The van der Waals surface area contributed by atoms with Gasteiger partial charge in [-0.25, -0.2) is 4.79 Å². The summed E-state index contributed by atoms with van der Waals surface area (Å²) < 4.78 is 5.23. The molecule has 4 nitrogen and oxygen atoms in total. The number of rotatable bonds is 6. The van der Waals surface area contributed by atoms with Crippen molar-refractivity contribution in [2.24, 2.45) is 22.7 Å². The zero-order valence-corrected chi connectivity index (χ0v) is 19.2. The zero-order chi connectivity index (χ0) is 22.0. The highest BCUT2D eigenvalue weighted by Gasteiger charge is 2.54. The number of carbonyl (C=O) groups is 2. The SMILES string of the molecule is C/C=C(/C)C(=O)OC/C=C(\C)[C@H](O)C[C@@]1(C)[C@H](C)CC[C@]2(C)C(C)=CC(=O)C[C@H]12. The highest BCUT2D eigenvalue weighted by Crippen LogP contribution is 2.61. The lowest BCUT2D eigenvalue weighted by atomic mass is 9.46. The van der Waals surface area contributed by atoms with Gasteiger partial charge in [0.2, 0.25) is 0 Å². The maximum absolute atomic E-state index is 12.4. The minimum atomic E-state index is -0.618. The summed E-state index contributed by atoms with van der Waals surface area (Å²) in [4.78, 5) is 24.1. The first-order chi connectivity index (χ1) is 13.5. The Labute approximate surface area is 176 Å². The van der Waals surface area contributed by atoms with E-state index in [0.717, 1.165) is 18.4 Å². The molecule has 0 unspecified atom stereocenters. The molecule has 1 fully saturated rings. The molecule has 0 aromatic rings. The molecule has 2 aliphatic rings. The Bertz CT molecular complexity index is 744. The van der Waals surface area contributed by atoms with Gasteiger partial charge in [0.25, 0.3) is 0 Å². The average Bonchev–Trinajstić information content (AvgIpc) is 2.66. The van der Waals surface area contributed by atoms with E-state index in [4.69, 9.17) is 4.74 Å². The van der Waals surface area contributed by atoms with Gasteiger partial charge in [0.15, 0.2) is 5.78 Å². The van der Waals surface area contributed by atoms with E-state index in [1.165, 1.54) is 5.57 Å². The molecule has 1 N–H and O–H groups in total. The van der Waals surface area contributed by atoms with Gasteiger partial charge in [-0.1, -0.05) is 32.4 Å². The van der Waals surface area contributed by atoms with E-state index in [-0.39, 0.29) is 35.1 Å². The van der Waals surface area contributed by atoms with Crippen LogP contribution in [-0.4, -0.2) is 29.6 Å². The Morgan fingerprint density at radius 2 is 2.03 bits per heavy atom. The van der Waals surface area contributed by atoms with Gasteiger partial charge in [-0.05, 0) is 87.3 Å².